The molecular formula is C21H24F2N4O. The average Bonchev–Trinajstić information content (AvgIpc) is 3.43. The van der Waals surface area contributed by atoms with Crippen molar-refractivity contribution in [1.29, 1.82) is 0 Å². The first kappa shape index (κ1) is 17.8. The fourth-order valence-corrected chi connectivity index (χ4v) is 4.83. The molecule has 28 heavy (non-hydrogen) atoms. The van der Waals surface area contributed by atoms with Crippen LogP contribution in [-0.2, 0) is 23.3 Å². The van der Waals surface area contributed by atoms with E-state index in [1.165, 1.54) is 12.1 Å². The van der Waals surface area contributed by atoms with E-state index in [0.717, 1.165) is 68.7 Å². The molecule has 1 N–H and O–H groups in total. The van der Waals surface area contributed by atoms with Crippen molar-refractivity contribution in [3.05, 3.63) is 53.1 Å². The van der Waals surface area contributed by atoms with Crippen LogP contribution in [0.5, 0.6) is 0 Å². The summed E-state index contributed by atoms with van der Waals surface area (Å²) in [7, 11) is 0. The Morgan fingerprint density at radius 3 is 2.68 bits per heavy atom. The van der Waals surface area contributed by atoms with Crippen molar-refractivity contribution >= 4 is 5.91 Å². The number of likely N-dealkylation sites (tertiary alicyclic amines) is 1. The first-order valence-electron chi connectivity index (χ1n) is 10.1. The van der Waals surface area contributed by atoms with Gasteiger partial charge in [-0.1, -0.05) is 6.07 Å². The predicted octanol–water partition coefficient (Wildman–Crippen LogP) is 2.97. The Bertz CT molecular complexity index is 900. The molecule has 7 heteroatoms. The molecule has 0 atom stereocenters. The normalized spacial score (nSPS) is 21.7. The largest absolute Gasteiger partial charge is 0.348 e. The van der Waals surface area contributed by atoms with E-state index in [9.17, 15) is 13.6 Å². The van der Waals surface area contributed by atoms with E-state index >= 15 is 0 Å². The molecule has 1 aromatic carbocycles. The van der Waals surface area contributed by atoms with Crippen molar-refractivity contribution in [2.24, 2.45) is 5.92 Å². The summed E-state index contributed by atoms with van der Waals surface area (Å²) < 4.78 is 26.7. The van der Waals surface area contributed by atoms with Crippen molar-refractivity contribution in [3.8, 4) is 0 Å². The number of carbonyl (C=O) groups is 1. The standard InChI is InChI=1S/C21H24F2N4O/c22-16-4-1-14(11-17(16)23)12-26-9-6-21(7-10-26)19-18(24-13-25-19)5-8-27(21)20(28)15-2-3-15/h1,4,11,13,15H,2-3,5-10,12H2,(H,24,25). The van der Waals surface area contributed by atoms with Gasteiger partial charge in [-0.3, -0.25) is 9.69 Å². The van der Waals surface area contributed by atoms with Gasteiger partial charge in [-0.25, -0.2) is 13.8 Å². The zero-order valence-corrected chi connectivity index (χ0v) is 15.8. The van der Waals surface area contributed by atoms with Gasteiger partial charge in [-0.15, -0.1) is 0 Å². The number of rotatable bonds is 3. The number of nitrogens with zero attached hydrogens (tertiary/aromatic N) is 3. The van der Waals surface area contributed by atoms with Gasteiger partial charge in [-0.2, -0.15) is 0 Å². The highest BCUT2D eigenvalue weighted by Gasteiger charge is 2.50. The lowest BCUT2D eigenvalue weighted by Crippen LogP contribution is -2.58. The SMILES string of the molecule is O=C(C1CC1)N1CCc2[nH]cnc2C12CCN(Cc1ccc(F)c(F)c1)CC2. The van der Waals surface area contributed by atoms with Gasteiger partial charge in [0.2, 0.25) is 5.91 Å². The quantitative estimate of drug-likeness (QED) is 0.882. The monoisotopic (exact) mass is 386 g/mol. The van der Waals surface area contributed by atoms with Gasteiger partial charge in [0.25, 0.3) is 0 Å². The zero-order valence-electron chi connectivity index (χ0n) is 15.8. The van der Waals surface area contributed by atoms with Crippen molar-refractivity contribution in [1.82, 2.24) is 19.8 Å². The molecule has 1 saturated heterocycles. The van der Waals surface area contributed by atoms with Gasteiger partial charge >= 0.3 is 0 Å². The third-order valence-corrected chi connectivity index (χ3v) is 6.53. The van der Waals surface area contributed by atoms with E-state index in [1.807, 2.05) is 0 Å². The Balaban J connectivity index is 1.36. The van der Waals surface area contributed by atoms with Crippen molar-refractivity contribution in [3.63, 3.8) is 0 Å². The molecule has 3 heterocycles. The number of halogens is 2. The molecule has 5 nitrogen and oxygen atoms in total. The Morgan fingerprint density at radius 2 is 1.96 bits per heavy atom. The number of piperidine rings is 1. The second-order valence-electron chi connectivity index (χ2n) is 8.30. The van der Waals surface area contributed by atoms with E-state index < -0.39 is 11.6 Å². The van der Waals surface area contributed by atoms with Gasteiger partial charge in [0, 0.05) is 44.2 Å². The van der Waals surface area contributed by atoms with Crippen molar-refractivity contribution in [2.45, 2.75) is 44.2 Å². The number of H-pyrrole nitrogens is 1. The molecule has 3 aliphatic rings. The second kappa shape index (κ2) is 6.65. The smallest absolute Gasteiger partial charge is 0.226 e. The summed E-state index contributed by atoms with van der Waals surface area (Å²) in [4.78, 5) is 25.2. The van der Waals surface area contributed by atoms with Crippen LogP contribution >= 0.6 is 0 Å². The van der Waals surface area contributed by atoms with Crippen LogP contribution in [0.2, 0.25) is 0 Å². The van der Waals surface area contributed by atoms with Crippen LogP contribution < -0.4 is 0 Å². The third-order valence-electron chi connectivity index (χ3n) is 6.53. The predicted molar refractivity (Wildman–Crippen MR) is 99.3 cm³/mol. The second-order valence-corrected chi connectivity index (χ2v) is 8.30. The van der Waals surface area contributed by atoms with Crippen LogP contribution in [0.1, 0.15) is 42.6 Å². The number of hydrogen-bond donors (Lipinski definition) is 1. The Labute approximate surface area is 162 Å². The molecule has 0 radical (unpaired) electrons. The lowest BCUT2D eigenvalue weighted by atomic mass is 9.78. The molecule has 2 fully saturated rings. The van der Waals surface area contributed by atoms with Gasteiger partial charge in [0.15, 0.2) is 11.6 Å². The van der Waals surface area contributed by atoms with Crippen LogP contribution in [0.4, 0.5) is 8.78 Å². The molecular weight excluding hydrogens is 362 g/mol. The van der Waals surface area contributed by atoms with Crippen molar-refractivity contribution < 1.29 is 13.6 Å². The number of aromatic amines is 1. The highest BCUT2D eigenvalue weighted by molar-refractivity contribution is 5.82. The fourth-order valence-electron chi connectivity index (χ4n) is 4.83. The maximum absolute atomic E-state index is 13.5. The van der Waals surface area contributed by atoms with Crippen LogP contribution in [0.3, 0.4) is 0 Å². The van der Waals surface area contributed by atoms with E-state index in [4.69, 9.17) is 0 Å². The van der Waals surface area contributed by atoms with Crippen LogP contribution in [-0.4, -0.2) is 45.3 Å². The van der Waals surface area contributed by atoms with Crippen molar-refractivity contribution in [2.75, 3.05) is 19.6 Å². The van der Waals surface area contributed by atoms with E-state index in [0.29, 0.717) is 6.54 Å². The minimum atomic E-state index is -0.816. The summed E-state index contributed by atoms with van der Waals surface area (Å²) in [6.45, 7) is 2.91. The number of fused-ring (bicyclic) bond motifs is 2. The molecule has 2 aliphatic heterocycles. The number of carbonyl (C=O) groups excluding carboxylic acids is 1. The molecule has 2 aromatic rings. The maximum atomic E-state index is 13.5. The minimum Gasteiger partial charge on any atom is -0.348 e. The third kappa shape index (κ3) is 2.92. The molecule has 148 valence electrons. The maximum Gasteiger partial charge on any atom is 0.226 e. The highest BCUT2D eigenvalue weighted by atomic mass is 19.2. The van der Waals surface area contributed by atoms with E-state index in [2.05, 4.69) is 19.8 Å². The number of nitrogens with one attached hydrogen (secondary N) is 1. The molecule has 1 amide bonds. The molecule has 1 aliphatic carbocycles. The van der Waals surface area contributed by atoms with Gasteiger partial charge in [0.05, 0.1) is 17.6 Å². The molecule has 0 bridgehead atoms. The fraction of sp³-hybridized carbons (Fsp3) is 0.524. The number of imidazole rings is 1. The Morgan fingerprint density at radius 1 is 1.18 bits per heavy atom. The Hall–Kier alpha value is -2.28. The lowest BCUT2D eigenvalue weighted by Gasteiger charge is -2.50. The number of amides is 1. The highest BCUT2D eigenvalue weighted by Crippen LogP contribution is 2.45. The average molecular weight is 386 g/mol. The summed E-state index contributed by atoms with van der Waals surface area (Å²) in [5.41, 5.74) is 2.61. The molecule has 0 unspecified atom stereocenters. The molecule has 1 spiro atoms. The molecule has 1 aromatic heterocycles. The number of benzene rings is 1. The van der Waals surface area contributed by atoms with E-state index in [-0.39, 0.29) is 17.4 Å². The molecule has 5 rings (SSSR count). The minimum absolute atomic E-state index is 0.192. The first-order chi connectivity index (χ1) is 13.6. The number of aromatic nitrogens is 2. The summed E-state index contributed by atoms with van der Waals surface area (Å²) in [5, 5.41) is 0. The first-order valence-corrected chi connectivity index (χ1v) is 10.1. The van der Waals surface area contributed by atoms with Crippen LogP contribution in [0.15, 0.2) is 24.5 Å². The summed E-state index contributed by atoms with van der Waals surface area (Å²) in [6.07, 6.45) is 6.20. The summed E-state index contributed by atoms with van der Waals surface area (Å²) >= 11 is 0. The van der Waals surface area contributed by atoms with Crippen LogP contribution in [0.25, 0.3) is 0 Å². The van der Waals surface area contributed by atoms with Gasteiger partial charge in [0.1, 0.15) is 0 Å². The van der Waals surface area contributed by atoms with E-state index in [1.54, 1.807) is 12.4 Å². The lowest BCUT2D eigenvalue weighted by molar-refractivity contribution is -0.143. The zero-order chi connectivity index (χ0) is 19.3. The van der Waals surface area contributed by atoms with Gasteiger partial charge < -0.3 is 9.88 Å². The summed E-state index contributed by atoms with van der Waals surface area (Å²) in [6, 6.07) is 4.09. The summed E-state index contributed by atoms with van der Waals surface area (Å²) in [5.74, 6) is -1.15. The number of hydrogen-bond acceptors (Lipinski definition) is 3. The van der Waals surface area contributed by atoms with Gasteiger partial charge in [-0.05, 0) is 43.4 Å². The topological polar surface area (TPSA) is 52.2 Å². The molecule has 1 saturated carbocycles. The van der Waals surface area contributed by atoms with Crippen LogP contribution in [0, 0.1) is 17.6 Å². The Kier molecular flexibility index (Phi) is 4.23.